The number of aromatic nitrogens is 1. The Morgan fingerprint density at radius 2 is 1.82 bits per heavy atom. The molecule has 1 heterocycles. The molecule has 0 amide bonds. The summed E-state index contributed by atoms with van der Waals surface area (Å²) < 4.78 is 0. The van der Waals surface area contributed by atoms with E-state index in [-0.39, 0.29) is 0 Å². The SMILES string of the molecule is CCCc1ccc2ccc3cccnc3c2c1. The van der Waals surface area contributed by atoms with Crippen LogP contribution in [0.25, 0.3) is 21.7 Å². The van der Waals surface area contributed by atoms with Crippen LogP contribution in [0.5, 0.6) is 0 Å². The Kier molecular flexibility index (Phi) is 2.52. The normalized spacial score (nSPS) is 11.1. The lowest BCUT2D eigenvalue weighted by Crippen LogP contribution is -1.85. The van der Waals surface area contributed by atoms with Crippen molar-refractivity contribution in [2.45, 2.75) is 19.8 Å². The summed E-state index contributed by atoms with van der Waals surface area (Å²) in [6.07, 6.45) is 4.19. The highest BCUT2D eigenvalue weighted by Gasteiger charge is 2.02. The standard InChI is InChI=1S/C16H15N/c1-2-4-12-6-7-13-8-9-14-5-3-10-17-16(14)15(13)11-12/h3,5-11H,2,4H2,1H3. The maximum Gasteiger partial charge on any atom is 0.0780 e. The summed E-state index contributed by atoms with van der Waals surface area (Å²) in [7, 11) is 0. The highest BCUT2D eigenvalue weighted by molar-refractivity contribution is 6.05. The highest BCUT2D eigenvalue weighted by Crippen LogP contribution is 2.24. The van der Waals surface area contributed by atoms with E-state index in [0.29, 0.717) is 0 Å². The summed E-state index contributed by atoms with van der Waals surface area (Å²) in [6, 6.07) is 15.1. The van der Waals surface area contributed by atoms with Crippen molar-refractivity contribution in [3.05, 3.63) is 54.2 Å². The van der Waals surface area contributed by atoms with Crippen molar-refractivity contribution in [1.82, 2.24) is 4.98 Å². The molecule has 1 nitrogen and oxygen atoms in total. The van der Waals surface area contributed by atoms with Gasteiger partial charge in [-0.3, -0.25) is 4.98 Å². The second-order valence-corrected chi connectivity index (χ2v) is 4.45. The highest BCUT2D eigenvalue weighted by atomic mass is 14.6. The minimum absolute atomic E-state index is 1.11. The number of hydrogen-bond donors (Lipinski definition) is 0. The lowest BCUT2D eigenvalue weighted by Gasteiger charge is -2.05. The van der Waals surface area contributed by atoms with Crippen LogP contribution in [-0.2, 0) is 6.42 Å². The van der Waals surface area contributed by atoms with Crippen LogP contribution in [0, 0.1) is 0 Å². The van der Waals surface area contributed by atoms with E-state index in [1.807, 2.05) is 12.3 Å². The van der Waals surface area contributed by atoms with Crippen molar-refractivity contribution < 1.29 is 0 Å². The van der Waals surface area contributed by atoms with Crippen molar-refractivity contribution in [2.24, 2.45) is 0 Å². The van der Waals surface area contributed by atoms with Gasteiger partial charge in [0.25, 0.3) is 0 Å². The molecule has 1 heteroatoms. The summed E-state index contributed by atoms with van der Waals surface area (Å²) in [5, 5.41) is 3.76. The molecule has 0 unspecified atom stereocenters. The molecule has 0 aliphatic carbocycles. The van der Waals surface area contributed by atoms with Gasteiger partial charge < -0.3 is 0 Å². The van der Waals surface area contributed by atoms with Gasteiger partial charge in [-0.05, 0) is 29.5 Å². The maximum absolute atomic E-state index is 4.51. The molecule has 0 atom stereocenters. The zero-order valence-electron chi connectivity index (χ0n) is 9.98. The summed E-state index contributed by atoms with van der Waals surface area (Å²) >= 11 is 0. The third kappa shape index (κ3) is 1.78. The van der Waals surface area contributed by atoms with Crippen molar-refractivity contribution in [3.63, 3.8) is 0 Å². The van der Waals surface area contributed by atoms with Crippen molar-refractivity contribution in [3.8, 4) is 0 Å². The molecule has 3 aromatic rings. The van der Waals surface area contributed by atoms with Gasteiger partial charge in [0.2, 0.25) is 0 Å². The zero-order valence-corrected chi connectivity index (χ0v) is 9.98. The molecule has 0 bridgehead atoms. The molecule has 0 aliphatic rings. The van der Waals surface area contributed by atoms with E-state index in [4.69, 9.17) is 0 Å². The number of fused-ring (bicyclic) bond motifs is 3. The predicted octanol–water partition coefficient (Wildman–Crippen LogP) is 4.34. The number of hydrogen-bond acceptors (Lipinski definition) is 1. The average molecular weight is 221 g/mol. The number of pyridine rings is 1. The summed E-state index contributed by atoms with van der Waals surface area (Å²) in [5.41, 5.74) is 2.51. The number of benzene rings is 2. The first-order chi connectivity index (χ1) is 8.38. The topological polar surface area (TPSA) is 12.9 Å². The van der Waals surface area contributed by atoms with Crippen molar-refractivity contribution >= 4 is 21.7 Å². The van der Waals surface area contributed by atoms with Gasteiger partial charge in [-0.1, -0.05) is 43.7 Å². The molecule has 0 N–H and O–H groups in total. The van der Waals surface area contributed by atoms with Crippen molar-refractivity contribution in [1.29, 1.82) is 0 Å². The fourth-order valence-electron chi connectivity index (χ4n) is 2.35. The molecule has 84 valence electrons. The van der Waals surface area contributed by atoms with E-state index in [2.05, 4.69) is 48.3 Å². The van der Waals surface area contributed by atoms with Crippen LogP contribution in [0.3, 0.4) is 0 Å². The smallest absolute Gasteiger partial charge is 0.0780 e. The van der Waals surface area contributed by atoms with Crippen LogP contribution in [0.4, 0.5) is 0 Å². The van der Waals surface area contributed by atoms with Crippen LogP contribution in [0.1, 0.15) is 18.9 Å². The summed E-state index contributed by atoms with van der Waals surface area (Å²) in [5.74, 6) is 0. The van der Waals surface area contributed by atoms with E-state index in [1.54, 1.807) is 0 Å². The fourth-order valence-corrected chi connectivity index (χ4v) is 2.35. The largest absolute Gasteiger partial charge is 0.256 e. The lowest BCUT2D eigenvalue weighted by atomic mass is 10.0. The zero-order chi connectivity index (χ0) is 11.7. The van der Waals surface area contributed by atoms with Gasteiger partial charge in [-0.2, -0.15) is 0 Å². The first kappa shape index (κ1) is 10.3. The number of aryl methyl sites for hydroxylation is 1. The first-order valence-corrected chi connectivity index (χ1v) is 6.15. The Hall–Kier alpha value is -1.89. The Labute approximate surface area is 101 Å². The molecule has 0 aliphatic heterocycles. The minimum atomic E-state index is 1.11. The van der Waals surface area contributed by atoms with Gasteiger partial charge in [-0.15, -0.1) is 0 Å². The molecule has 2 aromatic carbocycles. The molecule has 1 aromatic heterocycles. The van der Waals surface area contributed by atoms with Crippen LogP contribution in [0.2, 0.25) is 0 Å². The van der Waals surface area contributed by atoms with Crippen LogP contribution >= 0.6 is 0 Å². The van der Waals surface area contributed by atoms with Gasteiger partial charge in [0.1, 0.15) is 0 Å². The van der Waals surface area contributed by atoms with Gasteiger partial charge >= 0.3 is 0 Å². The Morgan fingerprint density at radius 3 is 2.71 bits per heavy atom. The average Bonchev–Trinajstić information content (AvgIpc) is 2.39. The molecule has 0 saturated carbocycles. The lowest BCUT2D eigenvalue weighted by molar-refractivity contribution is 0.924. The second-order valence-electron chi connectivity index (χ2n) is 4.45. The third-order valence-corrected chi connectivity index (χ3v) is 3.19. The molecule has 0 radical (unpaired) electrons. The van der Waals surface area contributed by atoms with Crippen molar-refractivity contribution in [2.75, 3.05) is 0 Å². The van der Waals surface area contributed by atoms with Gasteiger partial charge in [0.05, 0.1) is 5.52 Å². The molecule has 17 heavy (non-hydrogen) atoms. The van der Waals surface area contributed by atoms with E-state index in [0.717, 1.165) is 11.9 Å². The van der Waals surface area contributed by atoms with E-state index in [9.17, 15) is 0 Å². The minimum Gasteiger partial charge on any atom is -0.256 e. The Bertz CT molecular complexity index is 670. The van der Waals surface area contributed by atoms with Gasteiger partial charge in [0, 0.05) is 17.0 Å². The summed E-state index contributed by atoms with van der Waals surface area (Å²) in [4.78, 5) is 4.51. The van der Waals surface area contributed by atoms with Gasteiger partial charge in [-0.25, -0.2) is 0 Å². The monoisotopic (exact) mass is 221 g/mol. The molecular formula is C16H15N. The van der Waals surface area contributed by atoms with E-state index in [1.165, 1.54) is 28.1 Å². The molecular weight excluding hydrogens is 206 g/mol. The molecule has 0 spiro atoms. The number of nitrogens with zero attached hydrogens (tertiary/aromatic N) is 1. The Morgan fingerprint density at radius 1 is 1.00 bits per heavy atom. The Balaban J connectivity index is 2.34. The quantitative estimate of drug-likeness (QED) is 0.586. The summed E-state index contributed by atoms with van der Waals surface area (Å²) in [6.45, 7) is 2.21. The maximum atomic E-state index is 4.51. The molecule has 0 saturated heterocycles. The fraction of sp³-hybridized carbons (Fsp3) is 0.188. The molecule has 0 fully saturated rings. The van der Waals surface area contributed by atoms with E-state index >= 15 is 0 Å². The number of rotatable bonds is 2. The van der Waals surface area contributed by atoms with Crippen LogP contribution in [-0.4, -0.2) is 4.98 Å². The first-order valence-electron chi connectivity index (χ1n) is 6.15. The molecule has 3 rings (SSSR count). The second kappa shape index (κ2) is 4.17. The predicted molar refractivity (Wildman–Crippen MR) is 73.2 cm³/mol. The third-order valence-electron chi connectivity index (χ3n) is 3.19. The van der Waals surface area contributed by atoms with Crippen LogP contribution < -0.4 is 0 Å². The van der Waals surface area contributed by atoms with Crippen LogP contribution in [0.15, 0.2) is 48.7 Å². The van der Waals surface area contributed by atoms with Gasteiger partial charge in [0.15, 0.2) is 0 Å². The van der Waals surface area contributed by atoms with E-state index < -0.39 is 0 Å².